The first-order valence-electron chi connectivity index (χ1n) is 20.3. The van der Waals surface area contributed by atoms with Crippen molar-refractivity contribution < 1.29 is 75.8 Å². The number of ether oxygens (including phenoxy) is 6. The van der Waals surface area contributed by atoms with E-state index >= 15 is 0 Å². The van der Waals surface area contributed by atoms with Gasteiger partial charge in [0, 0.05) is 74.9 Å². The number of nitrogens with zero attached hydrogens (tertiary/aromatic N) is 1. The minimum atomic E-state index is -1.07. The normalized spacial score (nSPS) is 43.5. The molecule has 0 amide bonds. The van der Waals surface area contributed by atoms with Crippen LogP contribution >= 0.6 is 0 Å². The standard InChI is InChI=1S/C43H74NO9.Y/c1-15-38-35(23-49-42-28(6)26(4)27(5)32(10)50-42)20-24(2)16-17-36(45)25(3)21-34(18-19-48-14)41(30(8)37(46)22-39(47)52-38)53-43-31(9)40(44(12)13)29(7)33(11)51-43;/h16-17,20,25-35,37-38,40-43,46H,14-15,18-19,21-23H2,1-13H3;/q-1;/b17-16+,24-20+;/t25-,26-,27+,28-,29-,30+,31-,32-,33-,34+,35-,37-,38-,40+,41-,42-,43+;/m1./s1. The Hall–Kier alpha value is -0.556. The van der Waals surface area contributed by atoms with Crippen molar-refractivity contribution in [3.8, 4) is 0 Å². The van der Waals surface area contributed by atoms with Crippen molar-refractivity contribution in [1.29, 1.82) is 0 Å². The molecule has 309 valence electrons. The van der Waals surface area contributed by atoms with E-state index < -0.39 is 36.5 Å². The number of ketones is 1. The van der Waals surface area contributed by atoms with Gasteiger partial charge in [0.15, 0.2) is 18.4 Å². The van der Waals surface area contributed by atoms with Gasteiger partial charge in [-0.2, -0.15) is 0 Å². The summed E-state index contributed by atoms with van der Waals surface area (Å²) in [4.78, 5) is 29.6. The Morgan fingerprint density at radius 2 is 1.50 bits per heavy atom. The molecule has 1 N–H and O–H groups in total. The molecule has 3 rings (SSSR count). The van der Waals surface area contributed by atoms with Crippen molar-refractivity contribution in [3.63, 3.8) is 0 Å². The first kappa shape index (κ1) is 49.6. The summed E-state index contributed by atoms with van der Waals surface area (Å²) in [6.07, 6.45) is 3.84. The number of allylic oxidation sites excluding steroid dienone is 3. The summed E-state index contributed by atoms with van der Waals surface area (Å²) in [5.74, 6) is -0.475. The van der Waals surface area contributed by atoms with Crippen LogP contribution < -0.4 is 0 Å². The van der Waals surface area contributed by atoms with Crippen molar-refractivity contribution in [2.24, 2.45) is 53.3 Å². The van der Waals surface area contributed by atoms with Crippen LogP contribution in [-0.2, 0) is 70.7 Å². The van der Waals surface area contributed by atoms with E-state index in [0.717, 1.165) is 5.57 Å². The molecule has 0 bridgehead atoms. The van der Waals surface area contributed by atoms with Gasteiger partial charge in [-0.15, -0.1) is 0 Å². The number of aliphatic hydroxyl groups is 1. The average Bonchev–Trinajstić information content (AvgIpc) is 3.10. The predicted molar refractivity (Wildman–Crippen MR) is 207 cm³/mol. The van der Waals surface area contributed by atoms with Gasteiger partial charge in [0.2, 0.25) is 0 Å². The van der Waals surface area contributed by atoms with E-state index in [1.54, 1.807) is 6.08 Å². The molecular formula is C43H74NO9Y-. The fourth-order valence-electron chi connectivity index (χ4n) is 8.82. The van der Waals surface area contributed by atoms with Crippen LogP contribution in [0.25, 0.3) is 0 Å². The van der Waals surface area contributed by atoms with Gasteiger partial charge >= 0.3 is 5.97 Å². The number of cyclic esters (lactones) is 1. The Kier molecular flexibility index (Phi) is 21.3. The molecule has 3 heterocycles. The largest absolute Gasteiger partial charge is 0.555 e. The van der Waals surface area contributed by atoms with E-state index in [2.05, 4.69) is 74.6 Å². The maximum absolute atomic E-state index is 13.7. The molecule has 0 spiro atoms. The predicted octanol–water partition coefficient (Wildman–Crippen LogP) is 7.24. The fraction of sp³-hybridized carbons (Fsp3) is 0.837. The van der Waals surface area contributed by atoms with Gasteiger partial charge in [0.05, 0.1) is 37.4 Å². The third-order valence-corrected chi connectivity index (χ3v) is 13.0. The van der Waals surface area contributed by atoms with Crippen molar-refractivity contribution in [1.82, 2.24) is 4.90 Å². The van der Waals surface area contributed by atoms with E-state index in [-0.39, 0.29) is 112 Å². The van der Waals surface area contributed by atoms with Crippen LogP contribution in [0.3, 0.4) is 0 Å². The number of carbonyl (C=O) groups excluding carboxylic acids is 2. The molecule has 17 atom stereocenters. The molecule has 3 aliphatic rings. The minimum Gasteiger partial charge on any atom is -0.555 e. The minimum absolute atomic E-state index is 0. The maximum Gasteiger partial charge on any atom is 0.308 e. The van der Waals surface area contributed by atoms with Gasteiger partial charge in [-0.05, 0) is 83.9 Å². The van der Waals surface area contributed by atoms with Gasteiger partial charge in [-0.25, -0.2) is 7.11 Å². The molecule has 0 unspecified atom stereocenters. The van der Waals surface area contributed by atoms with Gasteiger partial charge in [0.1, 0.15) is 6.10 Å². The van der Waals surface area contributed by atoms with Gasteiger partial charge < -0.3 is 38.4 Å². The summed E-state index contributed by atoms with van der Waals surface area (Å²) < 4.78 is 37.6. The van der Waals surface area contributed by atoms with E-state index in [0.29, 0.717) is 37.7 Å². The van der Waals surface area contributed by atoms with E-state index in [4.69, 9.17) is 28.4 Å². The number of esters is 1. The van der Waals surface area contributed by atoms with Crippen molar-refractivity contribution in [3.05, 3.63) is 30.9 Å². The third-order valence-electron chi connectivity index (χ3n) is 13.0. The third kappa shape index (κ3) is 13.2. The molecule has 3 aliphatic heterocycles. The van der Waals surface area contributed by atoms with Crippen LogP contribution in [0.2, 0.25) is 0 Å². The second kappa shape index (κ2) is 23.1. The number of rotatable bonds is 10. The molecule has 0 aromatic carbocycles. The van der Waals surface area contributed by atoms with Crippen LogP contribution in [0, 0.1) is 60.4 Å². The van der Waals surface area contributed by atoms with Crippen LogP contribution in [-0.4, -0.2) is 98.2 Å². The zero-order chi connectivity index (χ0) is 39.7. The molecule has 2 saturated heterocycles. The average molecular weight is 838 g/mol. The Labute approximate surface area is 353 Å². The van der Waals surface area contributed by atoms with Crippen LogP contribution in [0.15, 0.2) is 23.8 Å². The Bertz CT molecular complexity index is 1210. The summed E-state index contributed by atoms with van der Waals surface area (Å²) in [6.45, 7) is 23.5. The summed E-state index contributed by atoms with van der Waals surface area (Å²) in [6, 6.07) is 0.208. The molecule has 2 fully saturated rings. The summed E-state index contributed by atoms with van der Waals surface area (Å²) >= 11 is 0. The second-order valence-electron chi connectivity index (χ2n) is 17.1. The molecule has 0 aliphatic carbocycles. The first-order valence-corrected chi connectivity index (χ1v) is 20.3. The van der Waals surface area contributed by atoms with Crippen molar-refractivity contribution >= 4 is 11.8 Å². The number of hydrogen-bond donors (Lipinski definition) is 1. The van der Waals surface area contributed by atoms with E-state index in [1.807, 2.05) is 39.8 Å². The van der Waals surface area contributed by atoms with Gasteiger partial charge in [-0.1, -0.05) is 73.1 Å². The molecule has 10 nitrogen and oxygen atoms in total. The Balaban J connectivity index is 0.0000101. The van der Waals surface area contributed by atoms with E-state index in [9.17, 15) is 14.7 Å². The zero-order valence-corrected chi connectivity index (χ0v) is 38.6. The molecule has 0 aromatic rings. The topological polar surface area (TPSA) is 113 Å². The van der Waals surface area contributed by atoms with Gasteiger partial charge in [-0.3, -0.25) is 9.59 Å². The number of carbonyl (C=O) groups is 2. The van der Waals surface area contributed by atoms with Crippen LogP contribution in [0.5, 0.6) is 0 Å². The number of hydrogen-bond acceptors (Lipinski definition) is 10. The summed E-state index contributed by atoms with van der Waals surface area (Å²) in [5.41, 5.74) is 0.868. The first-order chi connectivity index (χ1) is 24.9. The summed E-state index contributed by atoms with van der Waals surface area (Å²) in [5, 5.41) is 11.8. The van der Waals surface area contributed by atoms with E-state index in [1.165, 1.54) is 0 Å². The fourth-order valence-corrected chi connectivity index (χ4v) is 8.82. The van der Waals surface area contributed by atoms with Crippen LogP contribution in [0.1, 0.15) is 102 Å². The molecular weight excluding hydrogens is 763 g/mol. The van der Waals surface area contributed by atoms with Crippen molar-refractivity contribution in [2.45, 2.75) is 151 Å². The van der Waals surface area contributed by atoms with Crippen molar-refractivity contribution in [2.75, 3.05) is 27.3 Å². The Morgan fingerprint density at radius 3 is 2.11 bits per heavy atom. The maximum atomic E-state index is 13.7. The molecule has 1 radical (unpaired) electrons. The molecule has 11 heteroatoms. The quantitative estimate of drug-likeness (QED) is 0.179. The Morgan fingerprint density at radius 1 is 0.870 bits per heavy atom. The van der Waals surface area contributed by atoms with Crippen LogP contribution in [0.4, 0.5) is 0 Å². The monoisotopic (exact) mass is 837 g/mol. The molecule has 0 aromatic heterocycles. The SMILES string of the molecule is [CH2-]OCC[C@H]1C[C@@H](C)C(=O)/C=C/C(C)=C/[C@H](CO[C@@H]2O[C@H](C)[C@@H](C)[C@@H](C)[C@H]2C)[C@@H](CC)OC(=O)C[C@@H](O)[C@H](C)[C@H]1O[C@@H]1O[C@H](C)[C@@H](C)[C@H](N(C)C)[C@H]1C.[Y]. The second-order valence-corrected chi connectivity index (χ2v) is 17.1. The summed E-state index contributed by atoms with van der Waals surface area (Å²) in [7, 11) is 7.75. The molecule has 0 saturated carbocycles. The smallest absolute Gasteiger partial charge is 0.308 e. The number of aliphatic hydroxyl groups excluding tert-OH is 1. The van der Waals surface area contributed by atoms with Gasteiger partial charge in [0.25, 0.3) is 0 Å². The zero-order valence-electron chi connectivity index (χ0n) is 35.7. The molecule has 54 heavy (non-hydrogen) atoms.